The van der Waals surface area contributed by atoms with E-state index in [2.05, 4.69) is 22.0 Å². The monoisotopic (exact) mass is 443 g/mol. The number of likely N-dealkylation sites (tertiary alicyclic amines) is 1. The molecule has 3 aliphatic rings. The molecule has 7 nitrogen and oxygen atoms in total. The molecular formula is C25H37N3O4. The van der Waals surface area contributed by atoms with Crippen LogP contribution < -0.4 is 10.2 Å². The van der Waals surface area contributed by atoms with Crippen molar-refractivity contribution >= 4 is 23.4 Å². The smallest absolute Gasteiger partial charge is 0.411 e. The van der Waals surface area contributed by atoms with Gasteiger partial charge >= 0.3 is 6.09 Å². The topological polar surface area (TPSA) is 82.1 Å². The number of nitrogens with zero attached hydrogens (tertiary/aromatic N) is 2. The van der Waals surface area contributed by atoms with Crippen LogP contribution in [0.5, 0.6) is 0 Å². The minimum atomic E-state index is -0.428. The number of carbonyl (C=O) groups excluding carboxylic acids is 2. The Labute approximate surface area is 191 Å². The Kier molecular flexibility index (Phi) is 6.93. The van der Waals surface area contributed by atoms with Gasteiger partial charge in [-0.1, -0.05) is 6.92 Å². The number of aryl methyl sites for hydroxylation is 1. The molecule has 0 bridgehead atoms. The van der Waals surface area contributed by atoms with E-state index in [0.29, 0.717) is 18.6 Å². The fourth-order valence-electron chi connectivity index (χ4n) is 5.72. The van der Waals surface area contributed by atoms with Crippen LogP contribution in [-0.4, -0.2) is 60.4 Å². The second kappa shape index (κ2) is 9.69. The molecule has 7 heteroatoms. The molecule has 1 saturated carbocycles. The number of anilines is 2. The largest absolute Gasteiger partial charge is 0.449 e. The van der Waals surface area contributed by atoms with Crippen molar-refractivity contribution in [2.24, 2.45) is 5.41 Å². The average molecular weight is 444 g/mol. The van der Waals surface area contributed by atoms with Crippen molar-refractivity contribution in [3.8, 4) is 0 Å². The third-order valence-electron chi connectivity index (χ3n) is 7.45. The number of aliphatic hydroxyl groups is 1. The third kappa shape index (κ3) is 4.72. The number of amides is 2. The van der Waals surface area contributed by atoms with Crippen molar-refractivity contribution in [1.29, 1.82) is 0 Å². The van der Waals surface area contributed by atoms with Crippen molar-refractivity contribution in [3.63, 3.8) is 0 Å². The summed E-state index contributed by atoms with van der Waals surface area (Å²) in [5.74, 6) is 0.318. The van der Waals surface area contributed by atoms with Gasteiger partial charge in [0.05, 0.1) is 18.1 Å². The molecular weight excluding hydrogens is 406 g/mol. The average Bonchev–Trinajstić information content (AvgIpc) is 3.08. The van der Waals surface area contributed by atoms with Gasteiger partial charge < -0.3 is 19.6 Å². The van der Waals surface area contributed by atoms with Gasteiger partial charge in [-0.3, -0.25) is 10.1 Å². The number of benzene rings is 1. The number of nitrogens with one attached hydrogen (secondary N) is 1. The first-order valence-corrected chi connectivity index (χ1v) is 12.2. The highest BCUT2D eigenvalue weighted by molar-refractivity contribution is 5.87. The lowest BCUT2D eigenvalue weighted by Gasteiger charge is -2.42. The second-order valence-corrected chi connectivity index (χ2v) is 9.78. The Morgan fingerprint density at radius 1 is 1.22 bits per heavy atom. The van der Waals surface area contributed by atoms with Crippen LogP contribution in [0.25, 0.3) is 0 Å². The highest BCUT2D eigenvalue weighted by Crippen LogP contribution is 2.44. The van der Waals surface area contributed by atoms with E-state index in [4.69, 9.17) is 4.74 Å². The lowest BCUT2D eigenvalue weighted by molar-refractivity contribution is -0.139. The van der Waals surface area contributed by atoms with E-state index in [9.17, 15) is 14.7 Å². The number of rotatable bonds is 5. The van der Waals surface area contributed by atoms with Gasteiger partial charge in [0.25, 0.3) is 0 Å². The molecule has 0 aromatic heterocycles. The summed E-state index contributed by atoms with van der Waals surface area (Å²) in [4.78, 5) is 29.9. The molecule has 32 heavy (non-hydrogen) atoms. The van der Waals surface area contributed by atoms with Gasteiger partial charge in [0.2, 0.25) is 5.91 Å². The molecule has 3 fully saturated rings. The molecule has 2 aliphatic heterocycles. The molecule has 1 atom stereocenters. The Morgan fingerprint density at radius 3 is 2.72 bits per heavy atom. The quantitative estimate of drug-likeness (QED) is 0.717. The van der Waals surface area contributed by atoms with Crippen LogP contribution in [0.2, 0.25) is 0 Å². The van der Waals surface area contributed by atoms with Crippen molar-refractivity contribution in [2.45, 2.75) is 77.4 Å². The SMILES string of the molecule is CCCOC(=O)Nc1ccc(N2CCCC3(CCN(C4CCC(O)CC4)C3=O)C2)c(C)c1. The molecule has 1 spiro atoms. The molecule has 1 unspecified atom stereocenters. The van der Waals surface area contributed by atoms with Crippen LogP contribution in [0.4, 0.5) is 16.2 Å². The number of piperidine rings is 1. The number of ether oxygens (including phenoxy) is 1. The van der Waals surface area contributed by atoms with Crippen LogP contribution in [0, 0.1) is 12.3 Å². The van der Waals surface area contributed by atoms with Gasteiger partial charge in [0.15, 0.2) is 0 Å². The van der Waals surface area contributed by atoms with Gasteiger partial charge in [-0.05, 0) is 82.1 Å². The van der Waals surface area contributed by atoms with E-state index >= 15 is 0 Å². The number of aliphatic hydroxyl groups excluding tert-OH is 1. The highest BCUT2D eigenvalue weighted by Gasteiger charge is 2.50. The van der Waals surface area contributed by atoms with E-state index in [1.807, 2.05) is 25.1 Å². The van der Waals surface area contributed by atoms with Crippen LogP contribution in [0.15, 0.2) is 18.2 Å². The Bertz CT molecular complexity index is 836. The summed E-state index contributed by atoms with van der Waals surface area (Å²) in [6.07, 6.45) is 6.49. The van der Waals surface area contributed by atoms with E-state index in [1.54, 1.807) is 0 Å². The van der Waals surface area contributed by atoms with Crippen LogP contribution in [-0.2, 0) is 9.53 Å². The van der Waals surface area contributed by atoms with Crippen molar-refractivity contribution in [1.82, 2.24) is 4.90 Å². The van der Waals surface area contributed by atoms with Gasteiger partial charge in [0.1, 0.15) is 0 Å². The summed E-state index contributed by atoms with van der Waals surface area (Å²) in [5, 5.41) is 12.6. The summed E-state index contributed by atoms with van der Waals surface area (Å²) in [6.45, 7) is 6.96. The summed E-state index contributed by atoms with van der Waals surface area (Å²) in [7, 11) is 0. The molecule has 1 aliphatic carbocycles. The zero-order valence-corrected chi connectivity index (χ0v) is 19.4. The Hall–Kier alpha value is -2.28. The number of hydrogen-bond donors (Lipinski definition) is 2. The first-order valence-electron chi connectivity index (χ1n) is 12.2. The van der Waals surface area contributed by atoms with Gasteiger partial charge in [-0.2, -0.15) is 0 Å². The third-order valence-corrected chi connectivity index (χ3v) is 7.45. The normalized spacial score (nSPS) is 28.3. The van der Waals surface area contributed by atoms with Gasteiger partial charge in [-0.15, -0.1) is 0 Å². The van der Waals surface area contributed by atoms with Crippen LogP contribution in [0.1, 0.15) is 63.9 Å². The maximum atomic E-state index is 13.6. The molecule has 2 heterocycles. The minimum Gasteiger partial charge on any atom is -0.449 e. The molecule has 1 aromatic rings. The summed E-state index contributed by atoms with van der Waals surface area (Å²) >= 11 is 0. The van der Waals surface area contributed by atoms with E-state index in [0.717, 1.165) is 87.9 Å². The zero-order chi connectivity index (χ0) is 22.7. The van der Waals surface area contributed by atoms with E-state index in [1.165, 1.54) is 0 Å². The fraction of sp³-hybridized carbons (Fsp3) is 0.680. The summed E-state index contributed by atoms with van der Waals surface area (Å²) < 4.78 is 5.11. The molecule has 4 rings (SSSR count). The molecule has 2 saturated heterocycles. The predicted octanol–water partition coefficient (Wildman–Crippen LogP) is 4.08. The lowest BCUT2D eigenvalue weighted by Crippen LogP contribution is -2.50. The predicted molar refractivity (Wildman–Crippen MR) is 125 cm³/mol. The highest BCUT2D eigenvalue weighted by atomic mass is 16.5. The lowest BCUT2D eigenvalue weighted by atomic mass is 9.78. The number of carbonyl (C=O) groups is 2. The zero-order valence-electron chi connectivity index (χ0n) is 19.4. The molecule has 1 aromatic carbocycles. The molecule has 176 valence electrons. The van der Waals surface area contributed by atoms with E-state index in [-0.39, 0.29) is 11.5 Å². The van der Waals surface area contributed by atoms with Crippen LogP contribution in [0.3, 0.4) is 0 Å². The molecule has 2 amide bonds. The Morgan fingerprint density at radius 2 is 2.00 bits per heavy atom. The summed E-state index contributed by atoms with van der Waals surface area (Å²) in [5.41, 5.74) is 2.64. The van der Waals surface area contributed by atoms with E-state index < -0.39 is 6.09 Å². The van der Waals surface area contributed by atoms with Crippen LogP contribution >= 0.6 is 0 Å². The maximum absolute atomic E-state index is 13.6. The fourth-order valence-corrected chi connectivity index (χ4v) is 5.72. The van der Waals surface area contributed by atoms with Crippen molar-refractivity contribution < 1.29 is 19.4 Å². The first kappa shape index (κ1) is 22.9. The number of hydrogen-bond acceptors (Lipinski definition) is 5. The van der Waals surface area contributed by atoms with Crippen molar-refractivity contribution in [3.05, 3.63) is 23.8 Å². The standard InChI is InChI=1S/C25H37N3O4/c1-3-15-32-24(31)26-19-5-10-22(18(2)16-19)27-13-4-11-25(17-27)12-14-28(23(25)30)20-6-8-21(29)9-7-20/h5,10,16,20-21,29H,3-4,6-9,11-15,17H2,1-2H3,(H,26,31). The molecule has 0 radical (unpaired) electrons. The van der Waals surface area contributed by atoms with Gasteiger partial charge in [-0.25, -0.2) is 4.79 Å². The summed E-state index contributed by atoms with van der Waals surface area (Å²) in [6, 6.07) is 6.22. The maximum Gasteiger partial charge on any atom is 0.411 e. The van der Waals surface area contributed by atoms with Crippen molar-refractivity contribution in [2.75, 3.05) is 36.5 Å². The molecule has 2 N–H and O–H groups in total. The first-order chi connectivity index (χ1) is 15.4. The van der Waals surface area contributed by atoms with Gasteiger partial charge in [0, 0.05) is 37.1 Å². The second-order valence-electron chi connectivity index (χ2n) is 9.78. The Balaban J connectivity index is 1.42. The minimum absolute atomic E-state index is 0.197.